The fourth-order valence-electron chi connectivity index (χ4n) is 2.73. The fraction of sp³-hybridized carbons (Fsp3) is 0.125. The second-order valence-corrected chi connectivity index (χ2v) is 4.89. The number of benzene rings is 3. The lowest BCUT2D eigenvalue weighted by Crippen LogP contribution is -1.92. The summed E-state index contributed by atoms with van der Waals surface area (Å²) in [5, 5.41) is 41.5. The highest BCUT2D eigenvalue weighted by Gasteiger charge is 2.22. The highest BCUT2D eigenvalue weighted by molar-refractivity contribution is 6.17. The first-order valence-electron chi connectivity index (χ1n) is 6.33. The number of methoxy groups -OCH3 is 1. The van der Waals surface area contributed by atoms with Gasteiger partial charge >= 0.3 is 0 Å². The zero-order chi connectivity index (χ0) is 15.3. The number of phenols is 4. The van der Waals surface area contributed by atoms with E-state index in [0.717, 1.165) is 5.56 Å². The van der Waals surface area contributed by atoms with Crippen molar-refractivity contribution in [2.24, 2.45) is 0 Å². The summed E-state index contributed by atoms with van der Waals surface area (Å²) in [5.41, 5.74) is 0.764. The maximum Gasteiger partial charge on any atom is 0.139 e. The predicted molar refractivity (Wildman–Crippen MR) is 79.4 cm³/mol. The minimum absolute atomic E-state index is 0.0419. The van der Waals surface area contributed by atoms with Gasteiger partial charge in [-0.2, -0.15) is 0 Å². The Morgan fingerprint density at radius 2 is 1.19 bits per heavy atom. The van der Waals surface area contributed by atoms with Crippen LogP contribution in [-0.4, -0.2) is 27.5 Å². The van der Waals surface area contributed by atoms with Gasteiger partial charge in [0, 0.05) is 5.39 Å². The molecule has 0 aliphatic carbocycles. The van der Waals surface area contributed by atoms with Crippen molar-refractivity contribution in [1.29, 1.82) is 0 Å². The van der Waals surface area contributed by atoms with Gasteiger partial charge in [0.25, 0.3) is 0 Å². The topological polar surface area (TPSA) is 90.2 Å². The van der Waals surface area contributed by atoms with Crippen molar-refractivity contribution in [2.45, 2.75) is 6.92 Å². The van der Waals surface area contributed by atoms with E-state index < -0.39 is 0 Å². The van der Waals surface area contributed by atoms with Gasteiger partial charge in [-0.1, -0.05) is 6.07 Å². The zero-order valence-corrected chi connectivity index (χ0v) is 11.5. The molecule has 0 radical (unpaired) electrons. The highest BCUT2D eigenvalue weighted by atomic mass is 16.5. The van der Waals surface area contributed by atoms with Crippen LogP contribution in [0.25, 0.3) is 21.5 Å². The van der Waals surface area contributed by atoms with E-state index in [2.05, 4.69) is 0 Å². The van der Waals surface area contributed by atoms with E-state index in [0.29, 0.717) is 11.1 Å². The molecule has 108 valence electrons. The SMILES string of the molecule is COc1c2c(C)ccc(O)c2c(O)c2c(O)ccc(O)c12. The van der Waals surface area contributed by atoms with E-state index in [1.807, 2.05) is 0 Å². The van der Waals surface area contributed by atoms with Gasteiger partial charge in [0.15, 0.2) is 0 Å². The number of hydrogen-bond donors (Lipinski definition) is 4. The van der Waals surface area contributed by atoms with Crippen molar-refractivity contribution < 1.29 is 25.2 Å². The lowest BCUT2D eigenvalue weighted by molar-refractivity contribution is 0.417. The maximum absolute atomic E-state index is 10.5. The van der Waals surface area contributed by atoms with Gasteiger partial charge in [-0.3, -0.25) is 0 Å². The summed E-state index contributed by atoms with van der Waals surface area (Å²) in [6.07, 6.45) is 0. The van der Waals surface area contributed by atoms with Crippen LogP contribution < -0.4 is 4.74 Å². The Bertz CT molecular complexity index is 814. The first-order chi connectivity index (χ1) is 9.97. The molecule has 5 nitrogen and oxygen atoms in total. The Labute approximate surface area is 120 Å². The van der Waals surface area contributed by atoms with E-state index in [-0.39, 0.29) is 39.2 Å². The summed E-state index contributed by atoms with van der Waals surface area (Å²) in [6.45, 7) is 1.80. The summed E-state index contributed by atoms with van der Waals surface area (Å²) in [4.78, 5) is 0. The largest absolute Gasteiger partial charge is 0.507 e. The van der Waals surface area contributed by atoms with Crippen LogP contribution in [0.1, 0.15) is 5.56 Å². The minimum atomic E-state index is -0.296. The summed E-state index contributed by atoms with van der Waals surface area (Å²) in [7, 11) is 1.43. The maximum atomic E-state index is 10.5. The van der Waals surface area contributed by atoms with Gasteiger partial charge in [0.05, 0.1) is 23.3 Å². The molecule has 3 rings (SSSR count). The fourth-order valence-corrected chi connectivity index (χ4v) is 2.73. The zero-order valence-electron chi connectivity index (χ0n) is 11.5. The number of aromatic hydroxyl groups is 4. The van der Waals surface area contributed by atoms with Gasteiger partial charge in [0.2, 0.25) is 0 Å². The van der Waals surface area contributed by atoms with Crippen molar-refractivity contribution in [1.82, 2.24) is 0 Å². The summed E-state index contributed by atoms with van der Waals surface area (Å²) in [5.74, 6) is -0.466. The molecular weight excluding hydrogens is 272 g/mol. The van der Waals surface area contributed by atoms with Crippen molar-refractivity contribution >= 4 is 21.5 Å². The Morgan fingerprint density at radius 1 is 0.714 bits per heavy atom. The predicted octanol–water partition coefficient (Wildman–Crippen LogP) is 3.13. The molecule has 0 aliphatic rings. The van der Waals surface area contributed by atoms with Crippen molar-refractivity contribution in [3.63, 3.8) is 0 Å². The number of phenolic OH excluding ortho intramolecular Hbond substituents is 4. The molecule has 4 N–H and O–H groups in total. The summed E-state index contributed by atoms with van der Waals surface area (Å²) in [6, 6.07) is 5.74. The number of rotatable bonds is 1. The summed E-state index contributed by atoms with van der Waals surface area (Å²) < 4.78 is 5.37. The van der Waals surface area contributed by atoms with Gasteiger partial charge < -0.3 is 25.2 Å². The van der Waals surface area contributed by atoms with Crippen LogP contribution in [0.5, 0.6) is 28.7 Å². The first-order valence-corrected chi connectivity index (χ1v) is 6.33. The molecule has 21 heavy (non-hydrogen) atoms. The van der Waals surface area contributed by atoms with Gasteiger partial charge in [-0.15, -0.1) is 0 Å². The van der Waals surface area contributed by atoms with E-state index in [1.54, 1.807) is 13.0 Å². The van der Waals surface area contributed by atoms with Crippen LogP contribution in [-0.2, 0) is 0 Å². The molecule has 3 aromatic carbocycles. The molecule has 0 spiro atoms. The molecule has 3 aromatic rings. The monoisotopic (exact) mass is 286 g/mol. The Balaban J connectivity index is 2.77. The van der Waals surface area contributed by atoms with Crippen LogP contribution in [0.4, 0.5) is 0 Å². The molecule has 0 bridgehead atoms. The summed E-state index contributed by atoms with van der Waals surface area (Å²) >= 11 is 0. The van der Waals surface area contributed by atoms with E-state index in [1.165, 1.54) is 25.3 Å². The molecule has 0 fully saturated rings. The van der Waals surface area contributed by atoms with Gasteiger partial charge in [-0.25, -0.2) is 0 Å². The first kappa shape index (κ1) is 13.2. The van der Waals surface area contributed by atoms with Crippen molar-refractivity contribution in [3.8, 4) is 28.7 Å². The number of hydrogen-bond acceptors (Lipinski definition) is 5. The molecule has 0 amide bonds. The number of ether oxygens (including phenoxy) is 1. The highest BCUT2D eigenvalue weighted by Crippen LogP contribution is 2.51. The molecular formula is C16H14O5. The van der Waals surface area contributed by atoms with E-state index in [9.17, 15) is 20.4 Å². The van der Waals surface area contributed by atoms with Gasteiger partial charge in [0.1, 0.15) is 28.7 Å². The van der Waals surface area contributed by atoms with E-state index in [4.69, 9.17) is 4.74 Å². The van der Waals surface area contributed by atoms with Crippen molar-refractivity contribution in [3.05, 3.63) is 29.8 Å². The van der Waals surface area contributed by atoms with Crippen molar-refractivity contribution in [2.75, 3.05) is 7.11 Å². The molecule has 5 heteroatoms. The molecule has 0 heterocycles. The van der Waals surface area contributed by atoms with Crippen LogP contribution in [0.2, 0.25) is 0 Å². The molecule has 0 atom stereocenters. The van der Waals surface area contributed by atoms with Crippen LogP contribution in [0, 0.1) is 6.92 Å². The van der Waals surface area contributed by atoms with Gasteiger partial charge in [-0.05, 0) is 30.7 Å². The Morgan fingerprint density at radius 3 is 1.76 bits per heavy atom. The average molecular weight is 286 g/mol. The average Bonchev–Trinajstić information content (AvgIpc) is 2.46. The number of aryl methyl sites for hydroxylation is 1. The molecule has 0 saturated carbocycles. The van der Waals surface area contributed by atoms with Crippen LogP contribution in [0.3, 0.4) is 0 Å². The normalized spacial score (nSPS) is 11.1. The molecule has 0 saturated heterocycles. The lowest BCUT2D eigenvalue weighted by atomic mass is 9.96. The number of fused-ring (bicyclic) bond motifs is 2. The quantitative estimate of drug-likeness (QED) is 0.407. The lowest BCUT2D eigenvalue weighted by Gasteiger charge is -2.16. The van der Waals surface area contributed by atoms with Crippen LogP contribution >= 0.6 is 0 Å². The second kappa shape index (κ2) is 4.34. The minimum Gasteiger partial charge on any atom is -0.507 e. The second-order valence-electron chi connectivity index (χ2n) is 4.89. The van der Waals surface area contributed by atoms with E-state index >= 15 is 0 Å². The Hall–Kier alpha value is -2.82. The molecule has 0 aromatic heterocycles. The molecule has 0 aliphatic heterocycles. The smallest absolute Gasteiger partial charge is 0.139 e. The van der Waals surface area contributed by atoms with Crippen LogP contribution in [0.15, 0.2) is 24.3 Å². The standard InChI is InChI=1S/C16H14O5/c1-7-3-4-8(17)12-11(7)16(21-2)14-10(19)6-5-9(18)13(14)15(12)20/h3-6,17-20H,1-2H3. The Kier molecular flexibility index (Phi) is 2.73. The molecule has 0 unspecified atom stereocenters. The third-order valence-electron chi connectivity index (χ3n) is 3.68. The third-order valence-corrected chi connectivity index (χ3v) is 3.68. The third kappa shape index (κ3) is 1.64.